The minimum Gasteiger partial charge on any atom is -0.481 e. The Hall–Kier alpha value is -0.690. The summed E-state index contributed by atoms with van der Waals surface area (Å²) < 4.78 is 2.23. The fraction of sp³-hybridized carbons (Fsp3) is 0.786. The highest BCUT2D eigenvalue weighted by atomic mass is 32.2. The molecule has 21 heavy (non-hydrogen) atoms. The lowest BCUT2D eigenvalue weighted by Gasteiger charge is -2.23. The minimum absolute atomic E-state index is 0.0442. The summed E-state index contributed by atoms with van der Waals surface area (Å²) in [6.45, 7) is 4.33. The van der Waals surface area contributed by atoms with Crippen molar-refractivity contribution in [3.05, 3.63) is 5.82 Å². The predicted octanol–water partition coefficient (Wildman–Crippen LogP) is 3.25. The zero-order chi connectivity index (χ0) is 15.2. The average molecular weight is 329 g/mol. The number of carboxylic acid groups (broad SMARTS) is 1. The molecule has 0 amide bonds. The molecule has 1 aromatic heterocycles. The van der Waals surface area contributed by atoms with Crippen molar-refractivity contribution >= 4 is 29.5 Å². The molecule has 2 unspecified atom stereocenters. The van der Waals surface area contributed by atoms with Crippen LogP contribution < -0.4 is 0 Å². The Bertz CT molecular complexity index is 479. The first-order valence-corrected chi connectivity index (χ1v) is 9.60. The summed E-state index contributed by atoms with van der Waals surface area (Å²) in [5, 5.41) is 18.8. The molecule has 1 N–H and O–H groups in total. The molecule has 0 bridgehead atoms. The fourth-order valence-corrected chi connectivity index (χ4v) is 4.84. The van der Waals surface area contributed by atoms with Crippen molar-refractivity contribution in [1.82, 2.24) is 14.8 Å². The van der Waals surface area contributed by atoms with Gasteiger partial charge in [0.15, 0.2) is 5.16 Å². The van der Waals surface area contributed by atoms with Crippen LogP contribution in [0.25, 0.3) is 0 Å². The molecule has 2 rings (SSSR count). The fourth-order valence-electron chi connectivity index (χ4n) is 2.87. The number of hydrogen-bond acceptors (Lipinski definition) is 5. The molecular formula is C14H23N3O2S2. The summed E-state index contributed by atoms with van der Waals surface area (Å²) in [5.74, 6) is 1.36. The first kappa shape index (κ1) is 16.7. The van der Waals surface area contributed by atoms with E-state index >= 15 is 0 Å². The maximum absolute atomic E-state index is 10.8. The van der Waals surface area contributed by atoms with Gasteiger partial charge in [-0.2, -0.15) is 11.8 Å². The number of aliphatic carboxylic acids is 1. The van der Waals surface area contributed by atoms with Gasteiger partial charge in [0.2, 0.25) is 0 Å². The summed E-state index contributed by atoms with van der Waals surface area (Å²) in [7, 11) is 0. The van der Waals surface area contributed by atoms with E-state index in [2.05, 4.69) is 28.6 Å². The molecule has 1 aliphatic rings. The van der Waals surface area contributed by atoms with Crippen molar-refractivity contribution in [3.8, 4) is 0 Å². The maximum Gasteiger partial charge on any atom is 0.313 e. The van der Waals surface area contributed by atoms with E-state index in [9.17, 15) is 4.79 Å². The Morgan fingerprint density at radius 1 is 1.38 bits per heavy atom. The van der Waals surface area contributed by atoms with Crippen molar-refractivity contribution in [3.63, 3.8) is 0 Å². The number of nitrogens with zero attached hydrogens (tertiary/aromatic N) is 3. The topological polar surface area (TPSA) is 68.0 Å². The molecule has 118 valence electrons. The van der Waals surface area contributed by atoms with Crippen LogP contribution in [0.2, 0.25) is 0 Å². The quantitative estimate of drug-likeness (QED) is 0.738. The maximum atomic E-state index is 10.8. The van der Waals surface area contributed by atoms with E-state index in [1.54, 1.807) is 0 Å². The van der Waals surface area contributed by atoms with Crippen LogP contribution in [0.1, 0.15) is 51.4 Å². The highest BCUT2D eigenvalue weighted by molar-refractivity contribution is 8.00. The first-order chi connectivity index (χ1) is 10.2. The van der Waals surface area contributed by atoms with E-state index in [1.165, 1.54) is 24.6 Å². The molecule has 1 aromatic rings. The monoisotopic (exact) mass is 329 g/mol. The Kier molecular flexibility index (Phi) is 6.41. The van der Waals surface area contributed by atoms with Gasteiger partial charge in [0, 0.05) is 17.7 Å². The van der Waals surface area contributed by atoms with Crippen LogP contribution in [0.5, 0.6) is 0 Å². The summed E-state index contributed by atoms with van der Waals surface area (Å²) in [5.41, 5.74) is 0. The molecule has 1 fully saturated rings. The van der Waals surface area contributed by atoms with E-state index in [0.29, 0.717) is 11.3 Å². The number of thioether (sulfide) groups is 2. The second-order valence-corrected chi connectivity index (χ2v) is 7.65. The zero-order valence-electron chi connectivity index (χ0n) is 12.6. The molecule has 0 spiro atoms. The van der Waals surface area contributed by atoms with Gasteiger partial charge in [-0.3, -0.25) is 4.79 Å². The third-order valence-corrected chi connectivity index (χ3v) is 5.90. The van der Waals surface area contributed by atoms with E-state index in [1.807, 2.05) is 11.8 Å². The molecule has 0 aromatic carbocycles. The lowest BCUT2D eigenvalue weighted by Crippen LogP contribution is -2.20. The van der Waals surface area contributed by atoms with Gasteiger partial charge >= 0.3 is 5.97 Å². The number of carboxylic acids is 1. The normalized spacial score (nSPS) is 21.8. The lowest BCUT2D eigenvalue weighted by molar-refractivity contribution is -0.133. The van der Waals surface area contributed by atoms with E-state index in [0.717, 1.165) is 36.0 Å². The van der Waals surface area contributed by atoms with Gasteiger partial charge in [-0.15, -0.1) is 10.2 Å². The van der Waals surface area contributed by atoms with Gasteiger partial charge in [-0.05, 0) is 25.0 Å². The highest BCUT2D eigenvalue weighted by Gasteiger charge is 2.32. The summed E-state index contributed by atoms with van der Waals surface area (Å²) in [6, 6.07) is 0.419. The summed E-state index contributed by atoms with van der Waals surface area (Å²) in [4.78, 5) is 10.8. The third-order valence-electron chi connectivity index (χ3n) is 3.66. The zero-order valence-corrected chi connectivity index (χ0v) is 14.3. The number of aromatic nitrogens is 3. The Labute approximate surface area is 134 Å². The molecular weight excluding hydrogens is 306 g/mol. The van der Waals surface area contributed by atoms with E-state index < -0.39 is 5.97 Å². The van der Waals surface area contributed by atoms with Crippen LogP contribution in [-0.2, 0) is 11.2 Å². The second kappa shape index (κ2) is 8.08. The van der Waals surface area contributed by atoms with Gasteiger partial charge in [0.05, 0.1) is 5.75 Å². The van der Waals surface area contributed by atoms with E-state index in [-0.39, 0.29) is 5.75 Å². The van der Waals surface area contributed by atoms with E-state index in [4.69, 9.17) is 5.11 Å². The standard InChI is InChI=1S/C14H23N3O2S2/c1-3-6-12-15-16-14(21-9-13(18)19)17(12)10-7-5-8-11(10)20-4-2/h10-11H,3-9H2,1-2H3,(H,18,19). The van der Waals surface area contributed by atoms with Crippen LogP contribution in [0, 0.1) is 0 Å². The van der Waals surface area contributed by atoms with Gasteiger partial charge < -0.3 is 9.67 Å². The highest BCUT2D eigenvalue weighted by Crippen LogP contribution is 2.40. The van der Waals surface area contributed by atoms with Crippen molar-refractivity contribution in [2.75, 3.05) is 11.5 Å². The van der Waals surface area contributed by atoms with Gasteiger partial charge in [0.1, 0.15) is 5.82 Å². The van der Waals surface area contributed by atoms with Crippen LogP contribution in [0.15, 0.2) is 5.16 Å². The Morgan fingerprint density at radius 2 is 2.19 bits per heavy atom. The molecule has 2 atom stereocenters. The lowest BCUT2D eigenvalue weighted by atomic mass is 10.2. The minimum atomic E-state index is -0.808. The van der Waals surface area contributed by atoms with Gasteiger partial charge in [-0.25, -0.2) is 0 Å². The molecule has 0 saturated heterocycles. The van der Waals surface area contributed by atoms with Crippen molar-refractivity contribution in [2.45, 2.75) is 62.4 Å². The van der Waals surface area contributed by atoms with Crippen LogP contribution in [0.3, 0.4) is 0 Å². The SMILES string of the molecule is CCCc1nnc(SCC(=O)O)n1C1CCCC1SCC. The van der Waals surface area contributed by atoms with Crippen molar-refractivity contribution in [1.29, 1.82) is 0 Å². The number of rotatable bonds is 8. The molecule has 1 saturated carbocycles. The molecule has 7 heteroatoms. The van der Waals surface area contributed by atoms with Crippen LogP contribution in [-0.4, -0.2) is 42.6 Å². The predicted molar refractivity (Wildman–Crippen MR) is 87.2 cm³/mol. The average Bonchev–Trinajstić information content (AvgIpc) is 3.04. The Balaban J connectivity index is 2.24. The molecule has 0 aliphatic heterocycles. The van der Waals surface area contributed by atoms with Gasteiger partial charge in [0.25, 0.3) is 0 Å². The van der Waals surface area contributed by atoms with Crippen molar-refractivity contribution < 1.29 is 9.90 Å². The molecule has 1 heterocycles. The molecule has 1 aliphatic carbocycles. The molecule has 5 nitrogen and oxygen atoms in total. The number of carbonyl (C=O) groups is 1. The smallest absolute Gasteiger partial charge is 0.313 e. The van der Waals surface area contributed by atoms with Crippen molar-refractivity contribution in [2.24, 2.45) is 0 Å². The number of aryl methyl sites for hydroxylation is 1. The number of hydrogen-bond donors (Lipinski definition) is 1. The summed E-state index contributed by atoms with van der Waals surface area (Å²) in [6.07, 6.45) is 5.54. The second-order valence-electron chi connectivity index (χ2n) is 5.19. The van der Waals surface area contributed by atoms with Crippen LogP contribution in [0.4, 0.5) is 0 Å². The summed E-state index contributed by atoms with van der Waals surface area (Å²) >= 11 is 3.29. The van der Waals surface area contributed by atoms with Crippen LogP contribution >= 0.6 is 23.5 Å². The third kappa shape index (κ3) is 4.16. The van der Waals surface area contributed by atoms with Gasteiger partial charge in [-0.1, -0.05) is 32.0 Å². The first-order valence-electron chi connectivity index (χ1n) is 7.57. The largest absolute Gasteiger partial charge is 0.481 e. The molecule has 0 radical (unpaired) electrons. The Morgan fingerprint density at radius 3 is 2.86 bits per heavy atom.